The fraction of sp³-hybridized carbons (Fsp3) is 0.318. The summed E-state index contributed by atoms with van der Waals surface area (Å²) in [5.74, 6) is 0.321. The first kappa shape index (κ1) is 24.5. The third-order valence-electron chi connectivity index (χ3n) is 5.34. The molecular weight excluding hydrogens is 440 g/mol. The van der Waals surface area contributed by atoms with Crippen LogP contribution in [0.3, 0.4) is 0 Å². The Morgan fingerprint density at radius 2 is 1.79 bits per heavy atom. The van der Waals surface area contributed by atoms with Crippen LogP contribution in [0, 0.1) is 0 Å². The van der Waals surface area contributed by atoms with Crippen molar-refractivity contribution in [2.24, 2.45) is 0 Å². The summed E-state index contributed by atoms with van der Waals surface area (Å²) in [6.07, 6.45) is -5.87. The predicted molar refractivity (Wildman–Crippen MR) is 112 cm³/mol. The second-order valence-electron chi connectivity index (χ2n) is 7.34. The Morgan fingerprint density at radius 3 is 2.45 bits per heavy atom. The zero-order valence-electron chi connectivity index (χ0n) is 17.4. The van der Waals surface area contributed by atoms with E-state index in [1.54, 1.807) is 6.07 Å². The summed E-state index contributed by atoms with van der Waals surface area (Å²) in [6, 6.07) is 8.88. The molecule has 4 rings (SSSR count). The van der Waals surface area contributed by atoms with E-state index >= 15 is 0 Å². The Bertz CT molecular complexity index is 1170. The normalized spacial score (nSPS) is 24.8. The van der Waals surface area contributed by atoms with Crippen molar-refractivity contribution in [1.29, 1.82) is 0 Å². The van der Waals surface area contributed by atoms with Gasteiger partial charge in [-0.3, -0.25) is 4.79 Å². The van der Waals surface area contributed by atoms with Gasteiger partial charge < -0.3 is 49.6 Å². The van der Waals surface area contributed by atoms with Crippen molar-refractivity contribution in [3.05, 3.63) is 52.9 Å². The van der Waals surface area contributed by atoms with Crippen LogP contribution >= 0.6 is 0 Å². The smallest absolute Gasteiger partial charge is 0.229 e. The van der Waals surface area contributed by atoms with E-state index in [0.29, 0.717) is 5.56 Å². The molecule has 1 fully saturated rings. The number of aliphatic hydroxyl groups excluding tert-OH is 4. The highest BCUT2D eigenvalue weighted by Crippen LogP contribution is 2.32. The number of hydrogen-bond donors (Lipinski definition) is 5. The number of ether oxygens (including phenoxy) is 3. The highest BCUT2D eigenvalue weighted by atomic mass is 16.7. The molecule has 6 N–H and O–H groups in total. The van der Waals surface area contributed by atoms with E-state index in [2.05, 4.69) is 0 Å². The predicted octanol–water partition coefficient (Wildman–Crippen LogP) is 0.176. The van der Waals surface area contributed by atoms with Crippen molar-refractivity contribution in [2.75, 3.05) is 13.7 Å². The molecule has 3 aromatic rings. The van der Waals surface area contributed by atoms with E-state index in [0.717, 1.165) is 0 Å². The molecule has 0 spiro atoms. The molecule has 0 saturated carbocycles. The first-order valence-electron chi connectivity index (χ1n) is 9.74. The Labute approximate surface area is 186 Å². The summed E-state index contributed by atoms with van der Waals surface area (Å²) >= 11 is 0. The van der Waals surface area contributed by atoms with Crippen LogP contribution in [0.25, 0.3) is 22.1 Å². The average molecular weight is 463 g/mol. The molecular formula is C22H23O11-. The lowest BCUT2D eigenvalue weighted by Crippen LogP contribution is -2.60. The molecule has 33 heavy (non-hydrogen) atoms. The summed E-state index contributed by atoms with van der Waals surface area (Å²) < 4.78 is 21.5. The number of phenols is 1. The second kappa shape index (κ2) is 9.75. The van der Waals surface area contributed by atoms with Crippen molar-refractivity contribution < 1.29 is 49.6 Å². The third kappa shape index (κ3) is 4.50. The Kier molecular flexibility index (Phi) is 7.22. The molecule has 178 valence electrons. The van der Waals surface area contributed by atoms with Crippen LogP contribution in [0.5, 0.6) is 17.2 Å². The molecule has 0 bridgehead atoms. The molecule has 0 radical (unpaired) electrons. The van der Waals surface area contributed by atoms with Gasteiger partial charge in [0.05, 0.1) is 24.7 Å². The fourth-order valence-corrected chi connectivity index (χ4v) is 3.54. The number of aromatic hydroxyl groups is 1. The van der Waals surface area contributed by atoms with Crippen molar-refractivity contribution >= 4 is 11.0 Å². The third-order valence-corrected chi connectivity index (χ3v) is 5.34. The van der Waals surface area contributed by atoms with E-state index in [-0.39, 0.29) is 44.7 Å². The molecule has 0 amide bonds. The molecule has 11 heteroatoms. The number of phenolic OH excluding ortho intramolecular Hbond substituents is 1. The van der Waals surface area contributed by atoms with E-state index in [1.807, 2.05) is 0 Å². The molecule has 0 unspecified atom stereocenters. The summed E-state index contributed by atoms with van der Waals surface area (Å²) in [7, 11) is 1.42. The van der Waals surface area contributed by atoms with Crippen LogP contribution < -0.4 is 14.9 Å². The summed E-state index contributed by atoms with van der Waals surface area (Å²) in [6.45, 7) is -0.582. The maximum atomic E-state index is 12.9. The average Bonchev–Trinajstić information content (AvgIpc) is 2.79. The lowest BCUT2D eigenvalue weighted by Gasteiger charge is -2.39. The van der Waals surface area contributed by atoms with Gasteiger partial charge >= 0.3 is 0 Å². The number of benzene rings is 2. The lowest BCUT2D eigenvalue weighted by atomic mass is 9.99. The van der Waals surface area contributed by atoms with Gasteiger partial charge in [0.1, 0.15) is 42.0 Å². The molecule has 11 nitrogen and oxygen atoms in total. The Morgan fingerprint density at radius 1 is 1.03 bits per heavy atom. The SMILES string of the molecule is COc1ccc(-c2coc3cc(O[C@@H]4O[C@H](CO)[C@@H](O)[C@H](O)[C@H]4O)ccc3c2=O)cc1O.[OH-]. The van der Waals surface area contributed by atoms with E-state index < -0.39 is 37.3 Å². The van der Waals surface area contributed by atoms with Gasteiger partial charge in [-0.15, -0.1) is 0 Å². The minimum atomic E-state index is -1.58. The monoisotopic (exact) mass is 463 g/mol. The van der Waals surface area contributed by atoms with E-state index in [1.165, 1.54) is 43.7 Å². The van der Waals surface area contributed by atoms with Gasteiger partial charge in [-0.1, -0.05) is 6.07 Å². The lowest BCUT2D eigenvalue weighted by molar-refractivity contribution is -0.277. The molecule has 0 aliphatic carbocycles. The first-order valence-corrected chi connectivity index (χ1v) is 9.74. The largest absolute Gasteiger partial charge is 0.870 e. The minimum Gasteiger partial charge on any atom is -0.870 e. The Balaban J connectivity index is 0.00000306. The quantitative estimate of drug-likeness (QED) is 0.347. The molecule has 5 atom stereocenters. The van der Waals surface area contributed by atoms with Gasteiger partial charge in [-0.05, 0) is 29.8 Å². The zero-order valence-corrected chi connectivity index (χ0v) is 17.4. The van der Waals surface area contributed by atoms with Crippen LogP contribution in [0.1, 0.15) is 0 Å². The standard InChI is InChI=1S/C22H22O10.H2O/c1-29-15-5-2-10(6-14(15)24)13-9-30-16-7-11(3-4-12(16)18(13)25)31-22-21(28)20(27)19(26)17(8-23)32-22;/h2-7,9,17,19-24,26-28H,8H2,1H3;1H2/p-1/t17-,19-,20+,21-,22-;/m1./s1. The van der Waals surface area contributed by atoms with Gasteiger partial charge in [0.2, 0.25) is 6.29 Å². The van der Waals surface area contributed by atoms with Crippen LogP contribution in [-0.2, 0) is 4.74 Å². The van der Waals surface area contributed by atoms with Crippen LogP contribution in [0.15, 0.2) is 51.9 Å². The molecule has 2 aromatic carbocycles. The maximum absolute atomic E-state index is 12.9. The van der Waals surface area contributed by atoms with E-state index in [9.17, 15) is 30.3 Å². The van der Waals surface area contributed by atoms with Gasteiger partial charge in [-0.25, -0.2) is 0 Å². The molecule has 1 saturated heterocycles. The van der Waals surface area contributed by atoms with Gasteiger partial charge in [0.25, 0.3) is 0 Å². The van der Waals surface area contributed by atoms with Crippen molar-refractivity contribution in [1.82, 2.24) is 0 Å². The van der Waals surface area contributed by atoms with Crippen LogP contribution in [0.2, 0.25) is 0 Å². The first-order chi connectivity index (χ1) is 15.3. The second-order valence-corrected chi connectivity index (χ2v) is 7.34. The topological polar surface area (TPSA) is 189 Å². The molecule has 1 aromatic heterocycles. The summed E-state index contributed by atoms with van der Waals surface area (Å²) in [4.78, 5) is 12.9. The number of methoxy groups -OCH3 is 1. The minimum absolute atomic E-state index is 0. The number of rotatable bonds is 5. The van der Waals surface area contributed by atoms with Gasteiger partial charge in [-0.2, -0.15) is 0 Å². The summed E-state index contributed by atoms with van der Waals surface area (Å²) in [5, 5.41) is 49.4. The highest BCUT2D eigenvalue weighted by Gasteiger charge is 2.44. The van der Waals surface area contributed by atoms with Crippen LogP contribution in [0.4, 0.5) is 0 Å². The highest BCUT2D eigenvalue weighted by molar-refractivity contribution is 5.83. The van der Waals surface area contributed by atoms with Crippen LogP contribution in [-0.4, -0.2) is 75.4 Å². The fourth-order valence-electron chi connectivity index (χ4n) is 3.54. The van der Waals surface area contributed by atoms with Crippen molar-refractivity contribution in [3.63, 3.8) is 0 Å². The number of fused-ring (bicyclic) bond motifs is 1. The number of hydrogen-bond acceptors (Lipinski definition) is 11. The van der Waals surface area contributed by atoms with Gasteiger partial charge in [0.15, 0.2) is 16.9 Å². The van der Waals surface area contributed by atoms with Crippen molar-refractivity contribution in [3.8, 4) is 28.4 Å². The molecule has 1 aliphatic heterocycles. The van der Waals surface area contributed by atoms with Crippen molar-refractivity contribution in [2.45, 2.75) is 30.7 Å². The molecule has 2 heterocycles. The Hall–Kier alpha value is -3.19. The maximum Gasteiger partial charge on any atom is 0.229 e. The zero-order chi connectivity index (χ0) is 23.0. The molecule has 1 aliphatic rings. The van der Waals surface area contributed by atoms with Gasteiger partial charge in [0, 0.05) is 6.07 Å². The number of aliphatic hydroxyl groups is 4. The van der Waals surface area contributed by atoms with E-state index in [4.69, 9.17) is 18.6 Å². The summed E-state index contributed by atoms with van der Waals surface area (Å²) in [5.41, 5.74) is 0.535.